The zero-order valence-electron chi connectivity index (χ0n) is 9.63. The number of rotatable bonds is 7. The highest BCUT2D eigenvalue weighted by Gasteiger charge is 1.92. The van der Waals surface area contributed by atoms with Crippen LogP contribution in [0.4, 0.5) is 11.4 Å². The van der Waals surface area contributed by atoms with E-state index in [1.54, 1.807) is 0 Å². The van der Waals surface area contributed by atoms with Gasteiger partial charge in [-0.05, 0) is 24.6 Å². The molecule has 0 aliphatic rings. The predicted octanol–water partition coefficient (Wildman–Crippen LogP) is 3.65. The molecule has 1 aromatic carbocycles. The molecule has 15 heavy (non-hydrogen) atoms. The van der Waals surface area contributed by atoms with Crippen molar-refractivity contribution in [2.45, 2.75) is 39.0 Å². The van der Waals surface area contributed by atoms with Gasteiger partial charge in [-0.3, -0.25) is 0 Å². The van der Waals surface area contributed by atoms with Crippen LogP contribution >= 0.6 is 0 Å². The molecule has 1 aromatic rings. The Labute approximate surface area is 92.9 Å². The van der Waals surface area contributed by atoms with Gasteiger partial charge in [0, 0.05) is 17.9 Å². The molecule has 0 bridgehead atoms. The predicted molar refractivity (Wildman–Crippen MR) is 68.1 cm³/mol. The lowest BCUT2D eigenvalue weighted by Crippen LogP contribution is -2.01. The molecule has 3 N–H and O–H groups in total. The van der Waals surface area contributed by atoms with E-state index in [9.17, 15) is 0 Å². The van der Waals surface area contributed by atoms with Crippen LogP contribution in [0.15, 0.2) is 24.3 Å². The second kappa shape index (κ2) is 7.16. The summed E-state index contributed by atoms with van der Waals surface area (Å²) in [6.07, 6.45) is 6.59. The molecule has 0 fully saturated rings. The van der Waals surface area contributed by atoms with Gasteiger partial charge in [0.2, 0.25) is 0 Å². The number of unbranched alkanes of at least 4 members (excludes halogenated alkanes) is 4. The van der Waals surface area contributed by atoms with E-state index in [0.29, 0.717) is 0 Å². The molecular formula is C13H22N2. The summed E-state index contributed by atoms with van der Waals surface area (Å²) in [5, 5.41) is 3.38. The summed E-state index contributed by atoms with van der Waals surface area (Å²) < 4.78 is 0. The van der Waals surface area contributed by atoms with Crippen molar-refractivity contribution in [3.8, 4) is 0 Å². The van der Waals surface area contributed by atoms with Crippen molar-refractivity contribution >= 4 is 11.4 Å². The highest BCUT2D eigenvalue weighted by atomic mass is 14.9. The summed E-state index contributed by atoms with van der Waals surface area (Å²) in [7, 11) is 0. The minimum absolute atomic E-state index is 0.825. The van der Waals surface area contributed by atoms with Crippen LogP contribution in [0.5, 0.6) is 0 Å². The Kier molecular flexibility index (Phi) is 5.67. The van der Waals surface area contributed by atoms with E-state index in [-0.39, 0.29) is 0 Å². The molecule has 2 nitrogen and oxygen atoms in total. The van der Waals surface area contributed by atoms with Crippen molar-refractivity contribution in [3.05, 3.63) is 24.3 Å². The highest BCUT2D eigenvalue weighted by Crippen LogP contribution is 2.12. The maximum Gasteiger partial charge on any atom is 0.0360 e. The largest absolute Gasteiger partial charge is 0.399 e. The lowest BCUT2D eigenvalue weighted by Gasteiger charge is -2.06. The van der Waals surface area contributed by atoms with Crippen LogP contribution in [-0.4, -0.2) is 6.54 Å². The van der Waals surface area contributed by atoms with E-state index < -0.39 is 0 Å². The minimum Gasteiger partial charge on any atom is -0.399 e. The van der Waals surface area contributed by atoms with E-state index in [1.165, 1.54) is 32.1 Å². The maximum absolute atomic E-state index is 5.69. The molecule has 0 atom stereocenters. The Bertz CT molecular complexity index is 271. The number of nitrogen functional groups attached to an aromatic ring is 1. The fourth-order valence-corrected chi connectivity index (χ4v) is 1.61. The Morgan fingerprint density at radius 2 is 1.93 bits per heavy atom. The van der Waals surface area contributed by atoms with Gasteiger partial charge in [-0.2, -0.15) is 0 Å². The molecule has 0 spiro atoms. The third kappa shape index (κ3) is 5.31. The van der Waals surface area contributed by atoms with Crippen LogP contribution in [0.25, 0.3) is 0 Å². The van der Waals surface area contributed by atoms with Crippen LogP contribution in [0.2, 0.25) is 0 Å². The van der Waals surface area contributed by atoms with Crippen LogP contribution in [-0.2, 0) is 0 Å². The lowest BCUT2D eigenvalue weighted by atomic mass is 10.1. The average molecular weight is 206 g/mol. The van der Waals surface area contributed by atoms with Gasteiger partial charge in [0.15, 0.2) is 0 Å². The molecule has 84 valence electrons. The first kappa shape index (κ1) is 11.9. The molecular weight excluding hydrogens is 184 g/mol. The number of nitrogens with two attached hydrogens (primary N) is 1. The zero-order chi connectivity index (χ0) is 10.9. The molecule has 2 heteroatoms. The summed E-state index contributed by atoms with van der Waals surface area (Å²) in [5.41, 5.74) is 7.64. The summed E-state index contributed by atoms with van der Waals surface area (Å²) in [4.78, 5) is 0. The van der Waals surface area contributed by atoms with E-state index in [0.717, 1.165) is 17.9 Å². The van der Waals surface area contributed by atoms with Crippen molar-refractivity contribution in [2.24, 2.45) is 0 Å². The van der Waals surface area contributed by atoms with Crippen molar-refractivity contribution < 1.29 is 0 Å². The van der Waals surface area contributed by atoms with Crippen molar-refractivity contribution in [1.82, 2.24) is 0 Å². The lowest BCUT2D eigenvalue weighted by molar-refractivity contribution is 0.645. The quantitative estimate of drug-likeness (QED) is 0.528. The van der Waals surface area contributed by atoms with Crippen LogP contribution in [0, 0.1) is 0 Å². The molecule has 0 radical (unpaired) electrons. The van der Waals surface area contributed by atoms with E-state index in [1.807, 2.05) is 18.2 Å². The molecule has 1 rings (SSSR count). The van der Waals surface area contributed by atoms with Gasteiger partial charge < -0.3 is 11.1 Å². The highest BCUT2D eigenvalue weighted by molar-refractivity contribution is 5.53. The van der Waals surface area contributed by atoms with Crippen molar-refractivity contribution in [1.29, 1.82) is 0 Å². The maximum atomic E-state index is 5.69. The number of anilines is 2. The molecule has 0 aromatic heterocycles. The van der Waals surface area contributed by atoms with Gasteiger partial charge in [0.05, 0.1) is 0 Å². The monoisotopic (exact) mass is 206 g/mol. The fourth-order valence-electron chi connectivity index (χ4n) is 1.61. The summed E-state index contributed by atoms with van der Waals surface area (Å²) in [6, 6.07) is 7.93. The molecule has 0 heterocycles. The van der Waals surface area contributed by atoms with Gasteiger partial charge >= 0.3 is 0 Å². The molecule has 0 saturated carbocycles. The number of hydrogen-bond donors (Lipinski definition) is 2. The first-order chi connectivity index (χ1) is 7.33. The number of benzene rings is 1. The minimum atomic E-state index is 0.825. The van der Waals surface area contributed by atoms with Gasteiger partial charge in [-0.1, -0.05) is 38.7 Å². The molecule has 0 aliphatic heterocycles. The second-order valence-electron chi connectivity index (χ2n) is 3.97. The first-order valence-corrected chi connectivity index (χ1v) is 5.92. The molecule has 0 unspecified atom stereocenters. The SMILES string of the molecule is CCCCCCCNc1cccc(N)c1. The van der Waals surface area contributed by atoms with Crippen molar-refractivity contribution in [2.75, 3.05) is 17.6 Å². The van der Waals surface area contributed by atoms with Crippen molar-refractivity contribution in [3.63, 3.8) is 0 Å². The second-order valence-corrected chi connectivity index (χ2v) is 3.97. The van der Waals surface area contributed by atoms with Crippen LogP contribution < -0.4 is 11.1 Å². The van der Waals surface area contributed by atoms with E-state index in [2.05, 4.69) is 18.3 Å². The number of hydrogen-bond acceptors (Lipinski definition) is 2. The molecule has 0 amide bonds. The van der Waals surface area contributed by atoms with Gasteiger partial charge in [0.25, 0.3) is 0 Å². The third-order valence-corrected chi connectivity index (χ3v) is 2.50. The fraction of sp³-hybridized carbons (Fsp3) is 0.538. The third-order valence-electron chi connectivity index (χ3n) is 2.50. The molecule has 0 saturated heterocycles. The topological polar surface area (TPSA) is 38.0 Å². The Hall–Kier alpha value is -1.18. The Morgan fingerprint density at radius 1 is 1.13 bits per heavy atom. The van der Waals surface area contributed by atoms with Crippen LogP contribution in [0.1, 0.15) is 39.0 Å². The van der Waals surface area contributed by atoms with Gasteiger partial charge in [-0.25, -0.2) is 0 Å². The average Bonchev–Trinajstić information content (AvgIpc) is 2.23. The smallest absolute Gasteiger partial charge is 0.0360 e. The first-order valence-electron chi connectivity index (χ1n) is 5.92. The van der Waals surface area contributed by atoms with E-state index >= 15 is 0 Å². The van der Waals surface area contributed by atoms with Gasteiger partial charge in [-0.15, -0.1) is 0 Å². The normalized spacial score (nSPS) is 10.2. The molecule has 0 aliphatic carbocycles. The van der Waals surface area contributed by atoms with E-state index in [4.69, 9.17) is 5.73 Å². The summed E-state index contributed by atoms with van der Waals surface area (Å²) >= 11 is 0. The standard InChI is InChI=1S/C13H22N2/c1-2-3-4-5-6-10-15-13-9-7-8-12(14)11-13/h7-9,11,15H,2-6,10,14H2,1H3. The summed E-state index contributed by atoms with van der Waals surface area (Å²) in [6.45, 7) is 3.29. The Balaban J connectivity index is 2.10. The van der Waals surface area contributed by atoms with Gasteiger partial charge in [0.1, 0.15) is 0 Å². The summed E-state index contributed by atoms with van der Waals surface area (Å²) in [5.74, 6) is 0. The Morgan fingerprint density at radius 3 is 2.67 bits per heavy atom. The zero-order valence-corrected chi connectivity index (χ0v) is 9.63. The van der Waals surface area contributed by atoms with Crippen LogP contribution in [0.3, 0.4) is 0 Å². The number of nitrogens with one attached hydrogen (secondary N) is 1.